The molecule has 1 atom stereocenters. The molecule has 0 saturated carbocycles. The molecule has 4 heteroatoms. The third kappa shape index (κ3) is 4.20. The van der Waals surface area contributed by atoms with E-state index in [0.717, 1.165) is 15.8 Å². The normalized spacial score (nSPS) is 12.5. The number of aliphatic hydroxyl groups excluding tert-OH is 1. The molecule has 0 fully saturated rings. The maximum atomic E-state index is 9.07. The van der Waals surface area contributed by atoms with Gasteiger partial charge in [0.15, 0.2) is 0 Å². The maximum Gasteiger partial charge on any atom is 0.119 e. The summed E-state index contributed by atoms with van der Waals surface area (Å²) in [6, 6.07) is 5.71. The molecule has 0 aliphatic carbocycles. The summed E-state index contributed by atoms with van der Waals surface area (Å²) in [5.41, 5.74) is 6.59. The number of nitrogens with two attached hydrogens (primary N) is 1. The van der Waals surface area contributed by atoms with Gasteiger partial charge in [-0.05, 0) is 30.7 Å². The van der Waals surface area contributed by atoms with Gasteiger partial charge in [-0.1, -0.05) is 15.9 Å². The summed E-state index contributed by atoms with van der Waals surface area (Å²) in [4.78, 5) is 0. The number of halogens is 1. The Kier molecular flexibility index (Phi) is 5.08. The van der Waals surface area contributed by atoms with E-state index < -0.39 is 0 Å². The van der Waals surface area contributed by atoms with Crippen LogP contribution in [0.15, 0.2) is 22.7 Å². The van der Waals surface area contributed by atoms with Gasteiger partial charge in [-0.25, -0.2) is 0 Å². The molecule has 0 spiro atoms. The topological polar surface area (TPSA) is 55.5 Å². The van der Waals surface area contributed by atoms with Gasteiger partial charge in [-0.3, -0.25) is 0 Å². The largest absolute Gasteiger partial charge is 0.493 e. The Bertz CT molecular complexity index is 315. The van der Waals surface area contributed by atoms with Crippen LogP contribution in [0.2, 0.25) is 0 Å². The lowest BCUT2D eigenvalue weighted by Gasteiger charge is -2.09. The van der Waals surface area contributed by atoms with Crippen molar-refractivity contribution in [2.75, 3.05) is 6.61 Å². The Labute approximate surface area is 98.4 Å². The molecule has 0 aliphatic rings. The lowest BCUT2D eigenvalue weighted by atomic mass is 10.2. The minimum absolute atomic E-state index is 0.325. The van der Waals surface area contributed by atoms with Gasteiger partial charge in [0.2, 0.25) is 0 Å². The molecule has 0 aliphatic heterocycles. The van der Waals surface area contributed by atoms with Gasteiger partial charge in [0.05, 0.1) is 12.7 Å². The summed E-state index contributed by atoms with van der Waals surface area (Å²) >= 11 is 3.41. The van der Waals surface area contributed by atoms with Crippen LogP contribution in [0.1, 0.15) is 18.9 Å². The van der Waals surface area contributed by atoms with Crippen molar-refractivity contribution in [1.29, 1.82) is 0 Å². The molecule has 1 aromatic carbocycles. The van der Waals surface area contributed by atoms with E-state index >= 15 is 0 Å². The van der Waals surface area contributed by atoms with Crippen molar-refractivity contribution in [1.82, 2.24) is 0 Å². The molecule has 1 rings (SSSR count). The number of aliphatic hydroxyl groups is 1. The van der Waals surface area contributed by atoms with Crippen molar-refractivity contribution in [3.8, 4) is 5.75 Å². The molecule has 0 heterocycles. The highest BCUT2D eigenvalue weighted by molar-refractivity contribution is 9.10. The van der Waals surface area contributed by atoms with Crippen LogP contribution >= 0.6 is 15.9 Å². The highest BCUT2D eigenvalue weighted by Crippen LogP contribution is 2.22. The Morgan fingerprint density at radius 1 is 1.53 bits per heavy atom. The molecule has 15 heavy (non-hydrogen) atoms. The number of rotatable bonds is 5. The average Bonchev–Trinajstić information content (AvgIpc) is 2.20. The summed E-state index contributed by atoms with van der Waals surface area (Å²) in [6.07, 6.45) is 0.308. The van der Waals surface area contributed by atoms with Crippen molar-refractivity contribution in [2.24, 2.45) is 5.73 Å². The van der Waals surface area contributed by atoms with E-state index in [9.17, 15) is 0 Å². The fraction of sp³-hybridized carbons (Fsp3) is 0.455. The molecule has 1 aromatic rings. The zero-order valence-corrected chi connectivity index (χ0v) is 10.3. The predicted molar refractivity (Wildman–Crippen MR) is 63.8 cm³/mol. The monoisotopic (exact) mass is 273 g/mol. The average molecular weight is 274 g/mol. The van der Waals surface area contributed by atoms with Crippen LogP contribution < -0.4 is 10.5 Å². The minimum Gasteiger partial charge on any atom is -0.493 e. The lowest BCUT2D eigenvalue weighted by Crippen LogP contribution is -2.07. The van der Waals surface area contributed by atoms with E-state index in [2.05, 4.69) is 15.9 Å². The highest BCUT2D eigenvalue weighted by atomic mass is 79.9. The Hall–Kier alpha value is -0.580. The van der Waals surface area contributed by atoms with Gasteiger partial charge in [-0.2, -0.15) is 0 Å². The zero-order valence-electron chi connectivity index (χ0n) is 8.74. The molecule has 1 unspecified atom stereocenters. The van der Waals surface area contributed by atoms with Crippen molar-refractivity contribution >= 4 is 15.9 Å². The zero-order chi connectivity index (χ0) is 11.3. The van der Waals surface area contributed by atoms with Crippen LogP contribution in [-0.4, -0.2) is 17.8 Å². The van der Waals surface area contributed by atoms with Crippen LogP contribution in [0.3, 0.4) is 0 Å². The van der Waals surface area contributed by atoms with Crippen LogP contribution in [0, 0.1) is 0 Å². The summed E-state index contributed by atoms with van der Waals surface area (Å²) in [5, 5.41) is 9.07. The van der Waals surface area contributed by atoms with Gasteiger partial charge < -0.3 is 15.6 Å². The molecule has 0 bridgehead atoms. The summed E-state index contributed by atoms with van der Waals surface area (Å²) in [5.74, 6) is 0.791. The maximum absolute atomic E-state index is 9.07. The fourth-order valence-electron chi connectivity index (χ4n) is 1.14. The van der Waals surface area contributed by atoms with Crippen molar-refractivity contribution in [3.05, 3.63) is 28.2 Å². The third-order valence-electron chi connectivity index (χ3n) is 2.04. The van der Waals surface area contributed by atoms with E-state index in [-0.39, 0.29) is 6.10 Å². The fourth-order valence-corrected chi connectivity index (χ4v) is 1.55. The molecule has 0 aromatic heterocycles. The molecule has 84 valence electrons. The van der Waals surface area contributed by atoms with Crippen LogP contribution in [0.4, 0.5) is 0 Å². The first kappa shape index (κ1) is 12.5. The number of hydrogen-bond donors (Lipinski definition) is 2. The Morgan fingerprint density at radius 2 is 2.27 bits per heavy atom. The highest BCUT2D eigenvalue weighted by Gasteiger charge is 2.01. The summed E-state index contributed by atoms with van der Waals surface area (Å²) in [6.45, 7) is 2.74. The smallest absolute Gasteiger partial charge is 0.119 e. The molecule has 0 radical (unpaired) electrons. The standard InChI is InChI=1S/C11H16BrNO2/c1-8(14)4-5-15-10-2-3-11(12)9(6-10)7-13/h2-3,6,8,14H,4-5,7,13H2,1H3. The van der Waals surface area contributed by atoms with Crippen LogP contribution in [0.25, 0.3) is 0 Å². The SMILES string of the molecule is CC(O)CCOc1ccc(Br)c(CN)c1. The second kappa shape index (κ2) is 6.10. The second-order valence-electron chi connectivity index (χ2n) is 3.44. The lowest BCUT2D eigenvalue weighted by molar-refractivity contribution is 0.155. The quantitative estimate of drug-likeness (QED) is 0.864. The molecule has 0 amide bonds. The third-order valence-corrected chi connectivity index (χ3v) is 2.82. The first-order valence-electron chi connectivity index (χ1n) is 4.93. The van der Waals surface area contributed by atoms with Gasteiger partial charge in [0.25, 0.3) is 0 Å². The second-order valence-corrected chi connectivity index (χ2v) is 4.30. The van der Waals surface area contributed by atoms with Crippen LogP contribution in [-0.2, 0) is 6.54 Å². The van der Waals surface area contributed by atoms with E-state index in [1.807, 2.05) is 18.2 Å². The van der Waals surface area contributed by atoms with E-state index in [1.54, 1.807) is 6.92 Å². The van der Waals surface area contributed by atoms with E-state index in [0.29, 0.717) is 19.6 Å². The molecular weight excluding hydrogens is 258 g/mol. The van der Waals surface area contributed by atoms with Gasteiger partial charge in [-0.15, -0.1) is 0 Å². The minimum atomic E-state index is -0.325. The van der Waals surface area contributed by atoms with Gasteiger partial charge >= 0.3 is 0 Å². The number of ether oxygens (including phenoxy) is 1. The molecule has 3 nitrogen and oxygen atoms in total. The van der Waals surface area contributed by atoms with Crippen molar-refractivity contribution in [2.45, 2.75) is 26.0 Å². The van der Waals surface area contributed by atoms with E-state index in [4.69, 9.17) is 15.6 Å². The predicted octanol–water partition coefficient (Wildman–Crippen LogP) is 2.06. The first-order valence-corrected chi connectivity index (χ1v) is 5.72. The van der Waals surface area contributed by atoms with Gasteiger partial charge in [0.1, 0.15) is 5.75 Å². The molecule has 0 saturated heterocycles. The van der Waals surface area contributed by atoms with Crippen molar-refractivity contribution in [3.63, 3.8) is 0 Å². The first-order chi connectivity index (χ1) is 7.13. The van der Waals surface area contributed by atoms with Crippen LogP contribution in [0.5, 0.6) is 5.75 Å². The molecular formula is C11H16BrNO2. The van der Waals surface area contributed by atoms with Gasteiger partial charge in [0, 0.05) is 17.4 Å². The number of benzene rings is 1. The molecule has 3 N–H and O–H groups in total. The summed E-state index contributed by atoms with van der Waals surface area (Å²) < 4.78 is 6.47. The Balaban J connectivity index is 2.54. The number of hydrogen-bond acceptors (Lipinski definition) is 3. The van der Waals surface area contributed by atoms with Crippen molar-refractivity contribution < 1.29 is 9.84 Å². The Morgan fingerprint density at radius 3 is 2.87 bits per heavy atom. The summed E-state index contributed by atoms with van der Waals surface area (Å²) in [7, 11) is 0. The van der Waals surface area contributed by atoms with E-state index in [1.165, 1.54) is 0 Å².